The van der Waals surface area contributed by atoms with Crippen molar-refractivity contribution in [1.82, 2.24) is 0 Å². The van der Waals surface area contributed by atoms with Crippen molar-refractivity contribution in [3.63, 3.8) is 0 Å². The molecule has 1 saturated carbocycles. The maximum Gasteiger partial charge on any atom is 0.266 e. The van der Waals surface area contributed by atoms with Gasteiger partial charge in [0.05, 0.1) is 18.3 Å². The zero-order chi connectivity index (χ0) is 22.0. The normalized spacial score (nSPS) is 24.2. The largest absolute Gasteiger partial charge is 0.490 e. The zero-order valence-electron chi connectivity index (χ0n) is 18.0. The van der Waals surface area contributed by atoms with E-state index in [1.54, 1.807) is 18.2 Å². The molecule has 168 valence electrons. The van der Waals surface area contributed by atoms with Crippen molar-refractivity contribution in [1.29, 1.82) is 0 Å². The first-order chi connectivity index (χ1) is 14.8. The number of halogens is 3. The molecule has 1 aliphatic heterocycles. The molecule has 1 atom stereocenters. The number of anilines is 1. The van der Waals surface area contributed by atoms with Gasteiger partial charge in [-0.05, 0) is 74.3 Å². The number of benzene rings is 2. The predicted octanol–water partition coefficient (Wildman–Crippen LogP) is 5.87. The van der Waals surface area contributed by atoms with Crippen LogP contribution < -0.4 is 15.4 Å². The van der Waals surface area contributed by atoms with E-state index in [2.05, 4.69) is 0 Å². The minimum absolute atomic E-state index is 0.00495. The molecule has 2 fully saturated rings. The molecule has 3 nitrogen and oxygen atoms in total. The molecule has 0 amide bonds. The van der Waals surface area contributed by atoms with Crippen LogP contribution in [0.15, 0.2) is 42.5 Å². The Morgan fingerprint density at radius 3 is 2.42 bits per heavy atom. The summed E-state index contributed by atoms with van der Waals surface area (Å²) in [4.78, 5) is 1.47. The highest BCUT2D eigenvalue weighted by Crippen LogP contribution is 2.35. The SMILES string of the molecule is CC(N)c1ccc(OC2CCC(Cc3cccc(N4CCC(F)(F)C4)c3F)CC2)cc1. The Morgan fingerprint density at radius 2 is 1.81 bits per heavy atom. The number of alkyl halides is 2. The smallest absolute Gasteiger partial charge is 0.266 e. The summed E-state index contributed by atoms with van der Waals surface area (Å²) in [5.74, 6) is -1.84. The summed E-state index contributed by atoms with van der Waals surface area (Å²) in [6.07, 6.45) is 4.38. The summed E-state index contributed by atoms with van der Waals surface area (Å²) in [5, 5.41) is 0. The Labute approximate surface area is 182 Å². The van der Waals surface area contributed by atoms with E-state index in [0.29, 0.717) is 23.6 Å². The minimum Gasteiger partial charge on any atom is -0.490 e. The van der Waals surface area contributed by atoms with Crippen molar-refractivity contribution in [2.24, 2.45) is 11.7 Å². The fourth-order valence-electron chi connectivity index (χ4n) is 4.72. The van der Waals surface area contributed by atoms with Gasteiger partial charge < -0.3 is 15.4 Å². The van der Waals surface area contributed by atoms with Gasteiger partial charge in [-0.25, -0.2) is 13.2 Å². The van der Waals surface area contributed by atoms with Crippen LogP contribution in [0.3, 0.4) is 0 Å². The monoisotopic (exact) mass is 432 g/mol. The molecule has 1 unspecified atom stereocenters. The van der Waals surface area contributed by atoms with Crippen molar-refractivity contribution >= 4 is 5.69 Å². The number of nitrogens with zero attached hydrogens (tertiary/aromatic N) is 1. The molecule has 4 rings (SSSR count). The van der Waals surface area contributed by atoms with Gasteiger partial charge >= 0.3 is 0 Å². The zero-order valence-corrected chi connectivity index (χ0v) is 18.0. The Balaban J connectivity index is 1.31. The summed E-state index contributed by atoms with van der Waals surface area (Å²) < 4.78 is 48.3. The molecule has 1 heterocycles. The predicted molar refractivity (Wildman–Crippen MR) is 117 cm³/mol. The van der Waals surface area contributed by atoms with E-state index in [1.165, 1.54) is 4.90 Å². The molecule has 31 heavy (non-hydrogen) atoms. The van der Waals surface area contributed by atoms with Crippen LogP contribution in [0.4, 0.5) is 18.9 Å². The third-order valence-electron chi connectivity index (χ3n) is 6.58. The van der Waals surface area contributed by atoms with Crippen LogP contribution in [0.1, 0.15) is 56.2 Å². The van der Waals surface area contributed by atoms with Crippen LogP contribution >= 0.6 is 0 Å². The second kappa shape index (κ2) is 9.11. The Kier molecular flexibility index (Phi) is 6.47. The number of ether oxygens (including phenoxy) is 1. The van der Waals surface area contributed by atoms with Crippen LogP contribution in [0, 0.1) is 11.7 Å². The molecule has 2 aromatic rings. The van der Waals surface area contributed by atoms with Gasteiger partial charge in [-0.2, -0.15) is 0 Å². The molecule has 2 N–H and O–H groups in total. The summed E-state index contributed by atoms with van der Waals surface area (Å²) in [6, 6.07) is 13.1. The quantitative estimate of drug-likeness (QED) is 0.620. The third-order valence-corrected chi connectivity index (χ3v) is 6.58. The second-order valence-electron chi connectivity index (χ2n) is 9.10. The molecule has 0 bridgehead atoms. The summed E-state index contributed by atoms with van der Waals surface area (Å²) in [5.41, 5.74) is 7.91. The topological polar surface area (TPSA) is 38.5 Å². The first kappa shape index (κ1) is 22.0. The lowest BCUT2D eigenvalue weighted by Gasteiger charge is -2.29. The molecule has 1 saturated heterocycles. The summed E-state index contributed by atoms with van der Waals surface area (Å²) >= 11 is 0. The molecule has 0 aromatic heterocycles. The van der Waals surface area contributed by atoms with Crippen molar-refractivity contribution in [3.8, 4) is 5.75 Å². The lowest BCUT2D eigenvalue weighted by atomic mass is 9.83. The van der Waals surface area contributed by atoms with E-state index in [4.69, 9.17) is 10.5 Å². The first-order valence-corrected chi connectivity index (χ1v) is 11.2. The van der Waals surface area contributed by atoms with Gasteiger partial charge in [0, 0.05) is 19.0 Å². The second-order valence-corrected chi connectivity index (χ2v) is 9.10. The average Bonchev–Trinajstić information content (AvgIpc) is 3.11. The average molecular weight is 433 g/mol. The van der Waals surface area contributed by atoms with Crippen LogP contribution in [0.5, 0.6) is 5.75 Å². The number of hydrogen-bond donors (Lipinski definition) is 1. The van der Waals surface area contributed by atoms with Gasteiger partial charge in [-0.3, -0.25) is 0 Å². The minimum atomic E-state index is -2.73. The van der Waals surface area contributed by atoms with Gasteiger partial charge in [-0.15, -0.1) is 0 Å². The molecular weight excluding hydrogens is 401 g/mol. The first-order valence-electron chi connectivity index (χ1n) is 11.2. The third kappa shape index (κ3) is 5.35. The molecule has 0 spiro atoms. The number of nitrogens with two attached hydrogens (primary N) is 1. The maximum atomic E-state index is 15.1. The van der Waals surface area contributed by atoms with Crippen molar-refractivity contribution in [3.05, 3.63) is 59.4 Å². The number of rotatable bonds is 6. The Morgan fingerprint density at radius 1 is 1.10 bits per heavy atom. The van der Waals surface area contributed by atoms with Crippen LogP contribution in [0.25, 0.3) is 0 Å². The van der Waals surface area contributed by atoms with E-state index in [0.717, 1.165) is 37.0 Å². The fourth-order valence-corrected chi connectivity index (χ4v) is 4.72. The molecular formula is C25H31F3N2O. The molecule has 6 heteroatoms. The highest BCUT2D eigenvalue weighted by atomic mass is 19.3. The van der Waals surface area contributed by atoms with Gasteiger partial charge in [0.25, 0.3) is 5.92 Å². The summed E-state index contributed by atoms with van der Waals surface area (Å²) in [7, 11) is 0. The lowest BCUT2D eigenvalue weighted by molar-refractivity contribution is 0.0257. The van der Waals surface area contributed by atoms with Gasteiger partial charge in [0.2, 0.25) is 0 Å². The van der Waals surface area contributed by atoms with Crippen molar-refractivity contribution in [2.75, 3.05) is 18.0 Å². The van der Waals surface area contributed by atoms with Gasteiger partial charge in [0.1, 0.15) is 11.6 Å². The standard InChI is InChI=1S/C25H31F3N2O/c1-17(29)19-7-11-22(12-8-19)31-21-9-5-18(6-10-21)15-20-3-2-4-23(24(20)26)30-14-13-25(27,28)16-30/h2-4,7-8,11-12,17-18,21H,5-6,9-10,13-16,29H2,1H3. The van der Waals surface area contributed by atoms with E-state index >= 15 is 4.39 Å². The molecule has 1 aliphatic carbocycles. The lowest BCUT2D eigenvalue weighted by Crippen LogP contribution is -2.27. The molecule has 2 aliphatic rings. The van der Waals surface area contributed by atoms with Crippen LogP contribution in [0.2, 0.25) is 0 Å². The van der Waals surface area contributed by atoms with Gasteiger partial charge in [0.15, 0.2) is 0 Å². The van der Waals surface area contributed by atoms with E-state index in [1.807, 2.05) is 31.2 Å². The van der Waals surface area contributed by atoms with E-state index < -0.39 is 12.5 Å². The van der Waals surface area contributed by atoms with Crippen LogP contribution in [-0.4, -0.2) is 25.1 Å². The molecule has 2 aromatic carbocycles. The van der Waals surface area contributed by atoms with Gasteiger partial charge in [-0.1, -0.05) is 24.3 Å². The highest BCUT2D eigenvalue weighted by molar-refractivity contribution is 5.51. The maximum absolute atomic E-state index is 15.1. The Bertz CT molecular complexity index is 877. The Hall–Kier alpha value is -2.21. The summed E-state index contributed by atoms with van der Waals surface area (Å²) in [6.45, 7) is 1.75. The molecule has 0 radical (unpaired) electrons. The number of hydrogen-bond acceptors (Lipinski definition) is 3. The van der Waals surface area contributed by atoms with Crippen LogP contribution in [-0.2, 0) is 6.42 Å². The fraction of sp³-hybridized carbons (Fsp3) is 0.520. The van der Waals surface area contributed by atoms with Crippen molar-refractivity contribution in [2.45, 2.75) is 63.5 Å². The highest BCUT2D eigenvalue weighted by Gasteiger charge is 2.39. The van der Waals surface area contributed by atoms with E-state index in [9.17, 15) is 8.78 Å². The van der Waals surface area contributed by atoms with E-state index in [-0.39, 0.29) is 30.9 Å². The van der Waals surface area contributed by atoms with Crippen molar-refractivity contribution < 1.29 is 17.9 Å².